The zero-order valence-corrected chi connectivity index (χ0v) is 12.0. The van der Waals surface area contributed by atoms with Crippen molar-refractivity contribution < 1.29 is 9.53 Å². The summed E-state index contributed by atoms with van der Waals surface area (Å²) in [4.78, 5) is 11.8. The van der Waals surface area contributed by atoms with Crippen molar-refractivity contribution in [3.63, 3.8) is 0 Å². The van der Waals surface area contributed by atoms with E-state index in [0.717, 1.165) is 6.42 Å². The molecular formula is C15H24N2O2. The van der Waals surface area contributed by atoms with E-state index in [9.17, 15) is 4.79 Å². The minimum atomic E-state index is -0.207. The highest BCUT2D eigenvalue weighted by Gasteiger charge is 2.11. The van der Waals surface area contributed by atoms with Crippen molar-refractivity contribution in [2.24, 2.45) is 0 Å². The molecule has 0 aliphatic carbocycles. The molecule has 1 atom stereocenters. The summed E-state index contributed by atoms with van der Waals surface area (Å²) in [7, 11) is 1.62. The first-order valence-electron chi connectivity index (χ1n) is 6.75. The highest BCUT2D eigenvalue weighted by Crippen LogP contribution is 2.09. The molecule has 0 bridgehead atoms. The second kappa shape index (κ2) is 8.67. The number of rotatable bonds is 8. The Morgan fingerprint density at radius 1 is 1.32 bits per heavy atom. The summed E-state index contributed by atoms with van der Waals surface area (Å²) in [6.07, 6.45) is 1.01. The predicted octanol–water partition coefficient (Wildman–Crippen LogP) is 1.49. The lowest BCUT2D eigenvalue weighted by molar-refractivity contribution is -0.122. The van der Waals surface area contributed by atoms with Gasteiger partial charge >= 0.3 is 0 Å². The smallest absolute Gasteiger partial charge is 0.236 e. The van der Waals surface area contributed by atoms with E-state index < -0.39 is 0 Å². The van der Waals surface area contributed by atoms with Crippen molar-refractivity contribution in [1.82, 2.24) is 10.6 Å². The third-order valence-corrected chi connectivity index (χ3v) is 3.10. The normalized spacial score (nSPS) is 12.2. The Morgan fingerprint density at radius 2 is 2.00 bits per heavy atom. The minimum absolute atomic E-state index is 0.00558. The van der Waals surface area contributed by atoms with E-state index in [0.29, 0.717) is 19.7 Å². The maximum Gasteiger partial charge on any atom is 0.236 e. The van der Waals surface area contributed by atoms with Gasteiger partial charge in [-0.2, -0.15) is 0 Å². The molecule has 1 unspecified atom stereocenters. The van der Waals surface area contributed by atoms with Crippen molar-refractivity contribution in [3.8, 4) is 0 Å². The number of benzene rings is 1. The van der Waals surface area contributed by atoms with Crippen LogP contribution in [0.1, 0.15) is 25.0 Å². The standard InChI is InChI=1S/C15H24N2O2/c1-4-13-7-5-6-8-14(13)11-17-12(2)15(18)16-9-10-19-3/h5-8,12,17H,4,9-11H2,1-3H3,(H,16,18). The quantitative estimate of drug-likeness (QED) is 0.699. The average Bonchev–Trinajstić information content (AvgIpc) is 2.45. The molecule has 0 aliphatic rings. The summed E-state index contributed by atoms with van der Waals surface area (Å²) in [6.45, 7) is 5.81. The van der Waals surface area contributed by atoms with E-state index in [1.807, 2.05) is 19.1 Å². The van der Waals surface area contributed by atoms with E-state index in [1.165, 1.54) is 11.1 Å². The number of hydrogen-bond acceptors (Lipinski definition) is 3. The topological polar surface area (TPSA) is 50.4 Å². The first-order valence-corrected chi connectivity index (χ1v) is 6.75. The molecular weight excluding hydrogens is 240 g/mol. The molecule has 0 fully saturated rings. The largest absolute Gasteiger partial charge is 0.383 e. The van der Waals surface area contributed by atoms with Gasteiger partial charge in [0.05, 0.1) is 12.6 Å². The maximum absolute atomic E-state index is 11.8. The lowest BCUT2D eigenvalue weighted by atomic mass is 10.1. The fourth-order valence-electron chi connectivity index (χ4n) is 1.86. The van der Waals surface area contributed by atoms with Crippen LogP contribution in [0, 0.1) is 0 Å². The summed E-state index contributed by atoms with van der Waals surface area (Å²) in [5, 5.41) is 6.07. The second-order valence-electron chi connectivity index (χ2n) is 4.51. The number of aryl methyl sites for hydroxylation is 1. The van der Waals surface area contributed by atoms with Gasteiger partial charge < -0.3 is 15.4 Å². The molecule has 0 saturated heterocycles. The number of hydrogen-bond donors (Lipinski definition) is 2. The first-order chi connectivity index (χ1) is 9.19. The molecule has 0 heterocycles. The van der Waals surface area contributed by atoms with Gasteiger partial charge in [0.1, 0.15) is 0 Å². The molecule has 19 heavy (non-hydrogen) atoms. The Balaban J connectivity index is 2.40. The number of carbonyl (C=O) groups excluding carboxylic acids is 1. The molecule has 1 aromatic carbocycles. The van der Waals surface area contributed by atoms with Gasteiger partial charge in [0.25, 0.3) is 0 Å². The molecule has 1 rings (SSSR count). The Kier molecular flexibility index (Phi) is 7.15. The number of methoxy groups -OCH3 is 1. The van der Waals surface area contributed by atoms with Crippen molar-refractivity contribution in [2.75, 3.05) is 20.3 Å². The molecule has 0 aliphatic heterocycles. The third-order valence-electron chi connectivity index (χ3n) is 3.10. The monoisotopic (exact) mass is 264 g/mol. The minimum Gasteiger partial charge on any atom is -0.383 e. The van der Waals surface area contributed by atoms with Gasteiger partial charge in [-0.25, -0.2) is 0 Å². The number of nitrogens with one attached hydrogen (secondary N) is 2. The summed E-state index contributed by atoms with van der Waals surface area (Å²) in [5.74, 6) is 0.00558. The van der Waals surface area contributed by atoms with Crippen molar-refractivity contribution >= 4 is 5.91 Å². The van der Waals surface area contributed by atoms with E-state index in [-0.39, 0.29) is 11.9 Å². The molecule has 1 aromatic rings. The van der Waals surface area contributed by atoms with E-state index >= 15 is 0 Å². The summed E-state index contributed by atoms with van der Waals surface area (Å²) in [6, 6.07) is 8.09. The molecule has 1 amide bonds. The van der Waals surface area contributed by atoms with Crippen LogP contribution in [-0.4, -0.2) is 32.2 Å². The first kappa shape index (κ1) is 15.7. The number of carbonyl (C=O) groups is 1. The van der Waals surface area contributed by atoms with Gasteiger partial charge in [-0.1, -0.05) is 31.2 Å². The zero-order chi connectivity index (χ0) is 14.1. The summed E-state index contributed by atoms with van der Waals surface area (Å²) >= 11 is 0. The Hall–Kier alpha value is -1.39. The summed E-state index contributed by atoms with van der Waals surface area (Å²) < 4.78 is 4.90. The zero-order valence-electron chi connectivity index (χ0n) is 12.0. The van der Waals surface area contributed by atoms with Crippen LogP contribution in [0.4, 0.5) is 0 Å². The number of amides is 1. The van der Waals surface area contributed by atoms with E-state index in [4.69, 9.17) is 4.74 Å². The summed E-state index contributed by atoms with van der Waals surface area (Å²) in [5.41, 5.74) is 2.57. The molecule has 2 N–H and O–H groups in total. The van der Waals surface area contributed by atoms with E-state index in [1.54, 1.807) is 7.11 Å². The molecule has 4 nitrogen and oxygen atoms in total. The fourth-order valence-corrected chi connectivity index (χ4v) is 1.86. The van der Waals surface area contributed by atoms with Crippen molar-refractivity contribution in [2.45, 2.75) is 32.9 Å². The van der Waals surface area contributed by atoms with Gasteiger partial charge in [0.2, 0.25) is 5.91 Å². The van der Waals surface area contributed by atoms with Gasteiger partial charge in [0.15, 0.2) is 0 Å². The molecule has 106 valence electrons. The van der Waals surface area contributed by atoms with E-state index in [2.05, 4.69) is 29.7 Å². The van der Waals surface area contributed by atoms with Crippen LogP contribution in [0.15, 0.2) is 24.3 Å². The number of ether oxygens (including phenoxy) is 1. The highest BCUT2D eigenvalue weighted by molar-refractivity contribution is 5.81. The van der Waals surface area contributed by atoms with Crippen LogP contribution >= 0.6 is 0 Å². The molecule has 0 aromatic heterocycles. The van der Waals surface area contributed by atoms with Crippen molar-refractivity contribution in [3.05, 3.63) is 35.4 Å². The van der Waals surface area contributed by atoms with Gasteiger partial charge in [0, 0.05) is 20.2 Å². The maximum atomic E-state index is 11.8. The Morgan fingerprint density at radius 3 is 2.63 bits per heavy atom. The predicted molar refractivity (Wildman–Crippen MR) is 77.0 cm³/mol. The lowest BCUT2D eigenvalue weighted by Gasteiger charge is -2.15. The van der Waals surface area contributed by atoms with Crippen LogP contribution in [0.5, 0.6) is 0 Å². The van der Waals surface area contributed by atoms with Crippen LogP contribution in [0.2, 0.25) is 0 Å². The van der Waals surface area contributed by atoms with Crippen LogP contribution in [0.25, 0.3) is 0 Å². The SMILES string of the molecule is CCc1ccccc1CNC(C)C(=O)NCCOC. The van der Waals surface area contributed by atoms with Gasteiger partial charge in [-0.05, 0) is 24.5 Å². The van der Waals surface area contributed by atoms with Crippen LogP contribution < -0.4 is 10.6 Å². The Labute approximate surface area is 115 Å². The molecule has 0 spiro atoms. The average molecular weight is 264 g/mol. The van der Waals surface area contributed by atoms with Gasteiger partial charge in [-0.3, -0.25) is 4.79 Å². The molecule has 4 heteroatoms. The van der Waals surface area contributed by atoms with Gasteiger partial charge in [-0.15, -0.1) is 0 Å². The van der Waals surface area contributed by atoms with Crippen LogP contribution in [0.3, 0.4) is 0 Å². The molecule has 0 radical (unpaired) electrons. The fraction of sp³-hybridized carbons (Fsp3) is 0.533. The lowest BCUT2D eigenvalue weighted by Crippen LogP contribution is -2.42. The van der Waals surface area contributed by atoms with Crippen molar-refractivity contribution in [1.29, 1.82) is 0 Å². The third kappa shape index (κ3) is 5.41. The van der Waals surface area contributed by atoms with Crippen LogP contribution in [-0.2, 0) is 22.5 Å². The Bertz CT molecular complexity index is 393. The highest BCUT2D eigenvalue weighted by atomic mass is 16.5. The molecule has 0 saturated carbocycles. The second-order valence-corrected chi connectivity index (χ2v) is 4.51.